The van der Waals surface area contributed by atoms with Gasteiger partial charge in [-0.3, -0.25) is 4.79 Å². The van der Waals surface area contributed by atoms with Crippen molar-refractivity contribution in [3.05, 3.63) is 23.8 Å². The maximum absolute atomic E-state index is 12.3. The van der Waals surface area contributed by atoms with Crippen molar-refractivity contribution in [2.75, 3.05) is 27.3 Å². The Kier molecular flexibility index (Phi) is 7.48. The highest BCUT2D eigenvalue weighted by Gasteiger charge is 2.31. The smallest absolute Gasteiger partial charge is 0.223 e. The molecule has 1 aliphatic heterocycles. The predicted octanol–water partition coefficient (Wildman–Crippen LogP) is 2.53. The average Bonchev–Trinajstić information content (AvgIpc) is 3.01. The number of amides is 1. The van der Waals surface area contributed by atoms with Crippen molar-refractivity contribution in [2.45, 2.75) is 31.7 Å². The molecule has 1 aliphatic rings. The first-order valence-corrected chi connectivity index (χ1v) is 7.42. The topological polar surface area (TPSA) is 64.8 Å². The van der Waals surface area contributed by atoms with Gasteiger partial charge in [0.05, 0.1) is 20.3 Å². The summed E-state index contributed by atoms with van der Waals surface area (Å²) in [6.45, 7) is 1.36. The molecule has 124 valence electrons. The number of halogens is 1. The monoisotopic (exact) mass is 328 g/mol. The quantitative estimate of drug-likeness (QED) is 0.871. The number of nitrogens with two attached hydrogens (primary N) is 1. The Balaban J connectivity index is 0.00000242. The maximum Gasteiger partial charge on any atom is 0.223 e. The lowest BCUT2D eigenvalue weighted by Gasteiger charge is -2.26. The van der Waals surface area contributed by atoms with Crippen LogP contribution in [0.15, 0.2) is 18.2 Å². The Bertz CT molecular complexity index is 496. The summed E-state index contributed by atoms with van der Waals surface area (Å²) in [5.41, 5.74) is 6.55. The number of ether oxygens (including phenoxy) is 2. The van der Waals surface area contributed by atoms with Gasteiger partial charge in [-0.1, -0.05) is 0 Å². The molecule has 22 heavy (non-hydrogen) atoms. The normalized spacial score (nSPS) is 17.0. The standard InChI is InChI=1S/C16H24N2O3.ClH/c1-20-12-7-8-13(15(11-12)21-2)14-5-4-10-18(14)16(19)6-3-9-17;/h7-8,11,14H,3-6,9-10,17H2,1-2H3;1H. The van der Waals surface area contributed by atoms with Crippen LogP contribution in [0.4, 0.5) is 0 Å². The molecule has 1 fully saturated rings. The van der Waals surface area contributed by atoms with Crippen molar-refractivity contribution >= 4 is 18.3 Å². The Morgan fingerprint density at radius 3 is 2.77 bits per heavy atom. The van der Waals surface area contributed by atoms with E-state index in [1.54, 1.807) is 14.2 Å². The molecule has 0 aliphatic carbocycles. The van der Waals surface area contributed by atoms with Gasteiger partial charge in [-0.05, 0) is 37.9 Å². The number of likely N-dealkylation sites (tertiary alicyclic amines) is 1. The van der Waals surface area contributed by atoms with Crippen LogP contribution in [0, 0.1) is 0 Å². The second-order valence-corrected chi connectivity index (χ2v) is 5.25. The van der Waals surface area contributed by atoms with Gasteiger partial charge in [-0.2, -0.15) is 0 Å². The van der Waals surface area contributed by atoms with E-state index >= 15 is 0 Å². The third-order valence-electron chi connectivity index (χ3n) is 3.97. The van der Waals surface area contributed by atoms with E-state index in [1.807, 2.05) is 23.1 Å². The Morgan fingerprint density at radius 1 is 1.36 bits per heavy atom. The van der Waals surface area contributed by atoms with Gasteiger partial charge in [0.15, 0.2) is 0 Å². The average molecular weight is 329 g/mol. The van der Waals surface area contributed by atoms with Gasteiger partial charge < -0.3 is 20.1 Å². The number of hydrogen-bond donors (Lipinski definition) is 1. The fourth-order valence-corrected chi connectivity index (χ4v) is 2.88. The molecule has 2 N–H and O–H groups in total. The van der Waals surface area contributed by atoms with E-state index in [2.05, 4.69) is 0 Å². The van der Waals surface area contributed by atoms with Crippen LogP contribution in [0.25, 0.3) is 0 Å². The molecule has 1 aromatic carbocycles. The summed E-state index contributed by atoms with van der Waals surface area (Å²) in [6, 6.07) is 5.88. The molecule has 5 nitrogen and oxygen atoms in total. The highest BCUT2D eigenvalue weighted by molar-refractivity contribution is 5.85. The minimum atomic E-state index is 0. The van der Waals surface area contributed by atoms with E-state index in [0.29, 0.717) is 13.0 Å². The van der Waals surface area contributed by atoms with Crippen molar-refractivity contribution in [1.29, 1.82) is 0 Å². The number of methoxy groups -OCH3 is 2. The summed E-state index contributed by atoms with van der Waals surface area (Å²) in [5.74, 6) is 1.72. The molecule has 1 atom stereocenters. The highest BCUT2D eigenvalue weighted by Crippen LogP contribution is 2.38. The first-order chi connectivity index (χ1) is 10.2. The van der Waals surface area contributed by atoms with E-state index < -0.39 is 0 Å². The number of benzene rings is 1. The van der Waals surface area contributed by atoms with Crippen LogP contribution in [-0.4, -0.2) is 38.1 Å². The summed E-state index contributed by atoms with van der Waals surface area (Å²) in [5, 5.41) is 0. The van der Waals surface area contributed by atoms with Gasteiger partial charge in [0.25, 0.3) is 0 Å². The first kappa shape index (κ1) is 18.6. The second-order valence-electron chi connectivity index (χ2n) is 5.25. The molecular weight excluding hydrogens is 304 g/mol. The van der Waals surface area contributed by atoms with E-state index in [0.717, 1.165) is 42.9 Å². The van der Waals surface area contributed by atoms with Crippen molar-refractivity contribution in [2.24, 2.45) is 5.73 Å². The predicted molar refractivity (Wildman–Crippen MR) is 88.8 cm³/mol. The number of hydrogen-bond acceptors (Lipinski definition) is 4. The molecule has 2 rings (SSSR count). The molecule has 1 aromatic rings. The molecular formula is C16H25ClN2O3. The number of carbonyl (C=O) groups is 1. The minimum Gasteiger partial charge on any atom is -0.497 e. The van der Waals surface area contributed by atoms with Gasteiger partial charge >= 0.3 is 0 Å². The van der Waals surface area contributed by atoms with Crippen LogP contribution in [0.2, 0.25) is 0 Å². The van der Waals surface area contributed by atoms with E-state index in [4.69, 9.17) is 15.2 Å². The van der Waals surface area contributed by atoms with Gasteiger partial charge in [-0.25, -0.2) is 0 Å². The zero-order valence-corrected chi connectivity index (χ0v) is 14.0. The molecule has 0 spiro atoms. The van der Waals surface area contributed by atoms with E-state index in [1.165, 1.54) is 0 Å². The third kappa shape index (κ3) is 4.05. The molecule has 1 saturated heterocycles. The van der Waals surface area contributed by atoms with Crippen molar-refractivity contribution in [3.63, 3.8) is 0 Å². The van der Waals surface area contributed by atoms with Gasteiger partial charge in [0.1, 0.15) is 11.5 Å². The van der Waals surface area contributed by atoms with Gasteiger partial charge in [0.2, 0.25) is 5.91 Å². The van der Waals surface area contributed by atoms with Crippen LogP contribution >= 0.6 is 12.4 Å². The Hall–Kier alpha value is -1.46. The first-order valence-electron chi connectivity index (χ1n) is 7.42. The number of nitrogens with zero attached hydrogens (tertiary/aromatic N) is 1. The molecule has 0 bridgehead atoms. The molecule has 1 amide bonds. The zero-order chi connectivity index (χ0) is 15.2. The zero-order valence-electron chi connectivity index (χ0n) is 13.2. The molecule has 1 unspecified atom stereocenters. The van der Waals surface area contributed by atoms with Gasteiger partial charge in [-0.15, -0.1) is 12.4 Å². The Morgan fingerprint density at radius 2 is 2.14 bits per heavy atom. The summed E-state index contributed by atoms with van der Waals surface area (Å²) >= 11 is 0. The van der Waals surface area contributed by atoms with Crippen LogP contribution in [0.5, 0.6) is 11.5 Å². The highest BCUT2D eigenvalue weighted by atomic mass is 35.5. The second kappa shape index (κ2) is 8.86. The summed E-state index contributed by atoms with van der Waals surface area (Å²) in [4.78, 5) is 14.3. The van der Waals surface area contributed by atoms with Crippen LogP contribution < -0.4 is 15.2 Å². The summed E-state index contributed by atoms with van der Waals surface area (Å²) in [6.07, 6.45) is 3.25. The lowest BCUT2D eigenvalue weighted by atomic mass is 10.0. The van der Waals surface area contributed by atoms with Crippen molar-refractivity contribution in [1.82, 2.24) is 4.90 Å². The fourth-order valence-electron chi connectivity index (χ4n) is 2.88. The van der Waals surface area contributed by atoms with E-state index in [9.17, 15) is 4.79 Å². The third-order valence-corrected chi connectivity index (χ3v) is 3.97. The van der Waals surface area contributed by atoms with Crippen LogP contribution in [0.3, 0.4) is 0 Å². The molecule has 6 heteroatoms. The minimum absolute atomic E-state index is 0. The largest absolute Gasteiger partial charge is 0.497 e. The number of carbonyl (C=O) groups excluding carboxylic acids is 1. The molecule has 0 saturated carbocycles. The Labute approximate surface area is 138 Å². The van der Waals surface area contributed by atoms with Crippen molar-refractivity contribution < 1.29 is 14.3 Å². The molecule has 0 radical (unpaired) electrons. The van der Waals surface area contributed by atoms with Crippen LogP contribution in [0.1, 0.15) is 37.3 Å². The summed E-state index contributed by atoms with van der Waals surface area (Å²) < 4.78 is 10.7. The fraction of sp³-hybridized carbons (Fsp3) is 0.562. The summed E-state index contributed by atoms with van der Waals surface area (Å²) in [7, 11) is 3.28. The van der Waals surface area contributed by atoms with E-state index in [-0.39, 0.29) is 24.4 Å². The van der Waals surface area contributed by atoms with Gasteiger partial charge in [0, 0.05) is 24.6 Å². The maximum atomic E-state index is 12.3. The van der Waals surface area contributed by atoms with Crippen LogP contribution in [-0.2, 0) is 4.79 Å². The lowest BCUT2D eigenvalue weighted by Crippen LogP contribution is -2.31. The molecule has 0 aromatic heterocycles. The number of rotatable bonds is 6. The van der Waals surface area contributed by atoms with Crippen molar-refractivity contribution in [3.8, 4) is 11.5 Å². The SMILES string of the molecule is COc1ccc(C2CCCN2C(=O)CCCN)c(OC)c1.Cl. The lowest BCUT2D eigenvalue weighted by molar-refractivity contribution is -0.132. The molecule has 1 heterocycles.